The lowest BCUT2D eigenvalue weighted by molar-refractivity contribution is -0.386. The van der Waals surface area contributed by atoms with E-state index in [4.69, 9.17) is 16.9 Å². The summed E-state index contributed by atoms with van der Waals surface area (Å²) in [5.74, 6) is 0. The van der Waals surface area contributed by atoms with Crippen LogP contribution in [0.2, 0.25) is 5.02 Å². The first kappa shape index (κ1) is 20.9. The zero-order valence-corrected chi connectivity index (χ0v) is 14.1. The van der Waals surface area contributed by atoms with Gasteiger partial charge in [-0.25, -0.2) is 0 Å². The van der Waals surface area contributed by atoms with Gasteiger partial charge in [0.05, 0.1) is 23.5 Å². The predicted octanol–water partition coefficient (Wildman–Crippen LogP) is 2.95. The Morgan fingerprint density at radius 1 is 1.41 bits per heavy atom. The molecule has 1 aromatic carbocycles. The van der Waals surface area contributed by atoms with Gasteiger partial charge >= 0.3 is 0 Å². The van der Waals surface area contributed by atoms with Gasteiger partial charge in [0.15, 0.2) is 0 Å². The van der Waals surface area contributed by atoms with Crippen molar-refractivity contribution < 1.29 is 4.92 Å². The first-order chi connectivity index (χ1) is 9.63. The molecule has 1 N–H and O–H groups in total. The number of piperazine rings is 1. The fraction of sp³-hybridized carbons (Fsp3) is 0.462. The molecule has 1 aliphatic rings. The first-order valence-corrected chi connectivity index (χ1v) is 6.77. The van der Waals surface area contributed by atoms with E-state index in [1.165, 1.54) is 12.1 Å². The van der Waals surface area contributed by atoms with E-state index in [2.05, 4.69) is 16.3 Å². The van der Waals surface area contributed by atoms with E-state index < -0.39 is 4.92 Å². The van der Waals surface area contributed by atoms with Crippen molar-refractivity contribution in [1.29, 1.82) is 5.26 Å². The predicted molar refractivity (Wildman–Crippen MR) is 90.0 cm³/mol. The van der Waals surface area contributed by atoms with Crippen LogP contribution in [0.25, 0.3) is 0 Å². The highest BCUT2D eigenvalue weighted by molar-refractivity contribution is 6.30. The zero-order valence-electron chi connectivity index (χ0n) is 11.7. The van der Waals surface area contributed by atoms with E-state index >= 15 is 0 Å². The third-order valence-electron chi connectivity index (χ3n) is 3.42. The number of hydrogen-bond donors (Lipinski definition) is 1. The van der Waals surface area contributed by atoms with Crippen molar-refractivity contribution in [3.63, 3.8) is 0 Å². The van der Waals surface area contributed by atoms with Gasteiger partial charge in [-0.3, -0.25) is 15.0 Å². The molecule has 0 spiro atoms. The van der Waals surface area contributed by atoms with Gasteiger partial charge in [-0.05, 0) is 12.1 Å². The van der Waals surface area contributed by atoms with Crippen LogP contribution in [-0.4, -0.2) is 36.0 Å². The van der Waals surface area contributed by atoms with E-state index in [0.29, 0.717) is 10.6 Å². The second-order valence-electron chi connectivity index (χ2n) is 4.62. The fourth-order valence-electron chi connectivity index (χ4n) is 2.47. The third kappa shape index (κ3) is 4.97. The van der Waals surface area contributed by atoms with E-state index in [1.807, 2.05) is 0 Å². The summed E-state index contributed by atoms with van der Waals surface area (Å²) < 4.78 is 0. The lowest BCUT2D eigenvalue weighted by atomic mass is 10.00. The van der Waals surface area contributed by atoms with Crippen molar-refractivity contribution >= 4 is 42.1 Å². The maximum atomic E-state index is 11.2. The van der Waals surface area contributed by atoms with Crippen LogP contribution in [0.4, 0.5) is 5.69 Å². The Kier molecular flexibility index (Phi) is 9.33. The number of nitrogens with zero attached hydrogens (tertiary/aromatic N) is 3. The summed E-state index contributed by atoms with van der Waals surface area (Å²) in [4.78, 5) is 12.9. The highest BCUT2D eigenvalue weighted by Gasteiger charge is 2.28. The minimum atomic E-state index is -0.418. The minimum Gasteiger partial charge on any atom is -0.314 e. The monoisotopic (exact) mass is 366 g/mol. The van der Waals surface area contributed by atoms with Crippen molar-refractivity contribution in [3.05, 3.63) is 38.9 Å². The fourth-order valence-corrected chi connectivity index (χ4v) is 2.66. The number of nitrogens with one attached hydrogen (secondary N) is 1. The SMILES string of the molecule is Cl.Cl.N#CC[C@H](c1cc(Cl)ccc1[N+](=O)[O-])N1CCNCC1. The molecule has 1 atom stereocenters. The van der Waals surface area contributed by atoms with Crippen LogP contribution in [0.3, 0.4) is 0 Å². The second kappa shape index (κ2) is 9.82. The van der Waals surface area contributed by atoms with Crippen molar-refractivity contribution in [2.75, 3.05) is 26.2 Å². The van der Waals surface area contributed by atoms with E-state index in [9.17, 15) is 10.1 Å². The van der Waals surface area contributed by atoms with Gasteiger partial charge in [0.2, 0.25) is 0 Å². The van der Waals surface area contributed by atoms with Crippen molar-refractivity contribution in [3.8, 4) is 6.07 Å². The molecule has 6 nitrogen and oxygen atoms in total. The van der Waals surface area contributed by atoms with Crippen LogP contribution in [-0.2, 0) is 0 Å². The number of benzene rings is 1. The molecule has 122 valence electrons. The van der Waals surface area contributed by atoms with Gasteiger partial charge < -0.3 is 5.32 Å². The molecule has 0 bridgehead atoms. The van der Waals surface area contributed by atoms with Gasteiger partial charge in [-0.15, -0.1) is 24.8 Å². The van der Waals surface area contributed by atoms with Crippen LogP contribution in [0.1, 0.15) is 18.0 Å². The normalized spacial score (nSPS) is 15.8. The van der Waals surface area contributed by atoms with Crippen LogP contribution in [0, 0.1) is 21.4 Å². The molecule has 1 fully saturated rings. The molecule has 0 saturated carbocycles. The maximum absolute atomic E-state index is 11.2. The average molecular weight is 368 g/mol. The maximum Gasteiger partial charge on any atom is 0.274 e. The number of nitriles is 1. The topological polar surface area (TPSA) is 82.2 Å². The lowest BCUT2D eigenvalue weighted by Gasteiger charge is -2.33. The standard InChI is InChI=1S/C13H15ClN4O2.2ClH/c14-10-1-2-13(18(19)20)11(9-10)12(3-4-15)17-7-5-16-6-8-17;;/h1-2,9,12,16H,3,5-8H2;2*1H/t12-;;/m1../s1. The Hall–Kier alpha value is -1.10. The van der Waals surface area contributed by atoms with Crippen LogP contribution >= 0.6 is 36.4 Å². The van der Waals surface area contributed by atoms with Crippen LogP contribution < -0.4 is 5.32 Å². The molecule has 1 heterocycles. The molecule has 1 saturated heterocycles. The van der Waals surface area contributed by atoms with Crippen LogP contribution in [0.5, 0.6) is 0 Å². The smallest absolute Gasteiger partial charge is 0.274 e. The van der Waals surface area contributed by atoms with Crippen LogP contribution in [0.15, 0.2) is 18.2 Å². The number of nitro benzene ring substituents is 1. The number of rotatable bonds is 4. The van der Waals surface area contributed by atoms with Gasteiger partial charge in [-0.1, -0.05) is 11.6 Å². The molecule has 0 aliphatic carbocycles. The summed E-state index contributed by atoms with van der Waals surface area (Å²) in [5, 5.41) is 23.9. The molecule has 1 aromatic rings. The van der Waals surface area contributed by atoms with Gasteiger partial charge in [0.25, 0.3) is 5.69 Å². The largest absolute Gasteiger partial charge is 0.314 e. The molecular formula is C13H17Cl3N4O2. The lowest BCUT2D eigenvalue weighted by Crippen LogP contribution is -2.45. The molecule has 22 heavy (non-hydrogen) atoms. The second-order valence-corrected chi connectivity index (χ2v) is 5.06. The van der Waals surface area contributed by atoms with E-state index in [-0.39, 0.29) is 43.0 Å². The first-order valence-electron chi connectivity index (χ1n) is 6.39. The molecule has 2 rings (SSSR count). The van der Waals surface area contributed by atoms with Crippen molar-refractivity contribution in [2.45, 2.75) is 12.5 Å². The Morgan fingerprint density at radius 2 is 2.05 bits per heavy atom. The quantitative estimate of drug-likeness (QED) is 0.653. The summed E-state index contributed by atoms with van der Waals surface area (Å²) in [6, 6.07) is 6.34. The molecule has 9 heteroatoms. The zero-order chi connectivity index (χ0) is 14.5. The molecule has 0 aromatic heterocycles. The molecule has 1 aliphatic heterocycles. The molecule has 0 unspecified atom stereocenters. The number of hydrogen-bond acceptors (Lipinski definition) is 5. The van der Waals surface area contributed by atoms with E-state index in [0.717, 1.165) is 26.2 Å². The summed E-state index contributed by atoms with van der Waals surface area (Å²) in [7, 11) is 0. The Bertz CT molecular complexity index is 545. The van der Waals surface area contributed by atoms with E-state index in [1.54, 1.807) is 6.07 Å². The van der Waals surface area contributed by atoms with Gasteiger partial charge in [0.1, 0.15) is 0 Å². The molecule has 0 amide bonds. The van der Waals surface area contributed by atoms with Crippen molar-refractivity contribution in [2.24, 2.45) is 0 Å². The Morgan fingerprint density at radius 3 is 2.59 bits per heavy atom. The van der Waals surface area contributed by atoms with Gasteiger partial charge in [-0.2, -0.15) is 5.26 Å². The summed E-state index contributed by atoms with van der Waals surface area (Å²) in [5.41, 5.74) is 0.541. The Labute approximate surface area is 146 Å². The average Bonchev–Trinajstić information content (AvgIpc) is 2.45. The highest BCUT2D eigenvalue weighted by Crippen LogP contribution is 2.33. The third-order valence-corrected chi connectivity index (χ3v) is 3.66. The summed E-state index contributed by atoms with van der Waals surface area (Å²) in [6.07, 6.45) is 0.210. The minimum absolute atomic E-state index is 0. The number of nitro groups is 1. The molecule has 0 radical (unpaired) electrons. The van der Waals surface area contributed by atoms with Crippen molar-refractivity contribution in [1.82, 2.24) is 10.2 Å². The summed E-state index contributed by atoms with van der Waals surface area (Å²) >= 11 is 5.97. The van der Waals surface area contributed by atoms with Gasteiger partial charge in [0, 0.05) is 42.8 Å². The summed E-state index contributed by atoms with van der Waals surface area (Å²) in [6.45, 7) is 3.15. The number of halogens is 3. The highest BCUT2D eigenvalue weighted by atomic mass is 35.5. The Balaban J connectivity index is 0.00000220. The molecular weight excluding hydrogens is 351 g/mol.